The number of hydrogen-bond donors (Lipinski definition) is 2. The predicted octanol–water partition coefficient (Wildman–Crippen LogP) is 1.94. The molecule has 0 heterocycles. The largest absolute Gasteiger partial charge is 0.389 e. The minimum atomic E-state index is -0.342. The van der Waals surface area contributed by atoms with Crippen molar-refractivity contribution in [3.63, 3.8) is 0 Å². The van der Waals surface area contributed by atoms with Crippen LogP contribution in [0, 0.1) is 11.8 Å². The fraction of sp³-hybridized carbons (Fsp3) is 1.00. The zero-order chi connectivity index (χ0) is 12.1. The zero-order valence-electron chi connectivity index (χ0n) is 11.0. The summed E-state index contributed by atoms with van der Waals surface area (Å²) >= 11 is 0. The Morgan fingerprint density at radius 1 is 1.29 bits per heavy atom. The molecule has 17 heavy (non-hydrogen) atoms. The lowest BCUT2D eigenvalue weighted by Crippen LogP contribution is -2.33. The standard InChI is InChI=1S/C14H27NO2/c1-11-7-12(11)8-15-9-13(16)10-17-14-5-3-2-4-6-14/h11-16H,2-10H2,1H3. The van der Waals surface area contributed by atoms with Gasteiger partial charge < -0.3 is 15.2 Å². The topological polar surface area (TPSA) is 41.5 Å². The average molecular weight is 241 g/mol. The second-order valence-corrected chi connectivity index (χ2v) is 5.88. The molecule has 2 fully saturated rings. The molecule has 0 radical (unpaired) electrons. The highest BCUT2D eigenvalue weighted by atomic mass is 16.5. The van der Waals surface area contributed by atoms with Gasteiger partial charge in [-0.2, -0.15) is 0 Å². The normalized spacial score (nSPS) is 31.4. The van der Waals surface area contributed by atoms with Crippen molar-refractivity contribution in [2.45, 2.75) is 57.7 Å². The van der Waals surface area contributed by atoms with Gasteiger partial charge in [0.1, 0.15) is 0 Å². The molecule has 0 spiro atoms. The quantitative estimate of drug-likeness (QED) is 0.716. The van der Waals surface area contributed by atoms with E-state index in [-0.39, 0.29) is 6.10 Å². The van der Waals surface area contributed by atoms with E-state index in [0.29, 0.717) is 19.3 Å². The molecule has 2 aliphatic carbocycles. The van der Waals surface area contributed by atoms with Gasteiger partial charge >= 0.3 is 0 Å². The van der Waals surface area contributed by atoms with Crippen molar-refractivity contribution in [3.05, 3.63) is 0 Å². The minimum Gasteiger partial charge on any atom is -0.389 e. The van der Waals surface area contributed by atoms with E-state index in [2.05, 4.69) is 12.2 Å². The Hall–Kier alpha value is -0.120. The highest BCUT2D eigenvalue weighted by Gasteiger charge is 2.31. The Morgan fingerprint density at radius 2 is 2.00 bits per heavy atom. The summed E-state index contributed by atoms with van der Waals surface area (Å²) in [4.78, 5) is 0. The van der Waals surface area contributed by atoms with Crippen LogP contribution < -0.4 is 5.32 Å². The van der Waals surface area contributed by atoms with Gasteiger partial charge in [0, 0.05) is 6.54 Å². The molecule has 2 saturated carbocycles. The van der Waals surface area contributed by atoms with E-state index >= 15 is 0 Å². The number of nitrogens with one attached hydrogen (secondary N) is 1. The van der Waals surface area contributed by atoms with Crippen LogP contribution in [0.3, 0.4) is 0 Å². The molecule has 0 aliphatic heterocycles. The van der Waals surface area contributed by atoms with E-state index < -0.39 is 0 Å². The van der Waals surface area contributed by atoms with Crippen LogP contribution in [0.5, 0.6) is 0 Å². The Kier molecular flexibility index (Phi) is 5.26. The summed E-state index contributed by atoms with van der Waals surface area (Å²) in [5, 5.41) is 13.1. The average Bonchev–Trinajstić information content (AvgIpc) is 3.04. The van der Waals surface area contributed by atoms with Crippen LogP contribution in [-0.4, -0.2) is 37.0 Å². The van der Waals surface area contributed by atoms with Gasteiger partial charge in [-0.15, -0.1) is 0 Å². The maximum atomic E-state index is 9.79. The van der Waals surface area contributed by atoms with Crippen molar-refractivity contribution in [1.29, 1.82) is 0 Å². The monoisotopic (exact) mass is 241 g/mol. The lowest BCUT2D eigenvalue weighted by molar-refractivity contribution is -0.0229. The fourth-order valence-electron chi connectivity index (χ4n) is 2.66. The second kappa shape index (κ2) is 6.72. The lowest BCUT2D eigenvalue weighted by Gasteiger charge is -2.23. The SMILES string of the molecule is CC1CC1CNCC(O)COC1CCCCC1. The first-order valence-electron chi connectivity index (χ1n) is 7.26. The fourth-order valence-corrected chi connectivity index (χ4v) is 2.66. The van der Waals surface area contributed by atoms with Gasteiger partial charge in [0.25, 0.3) is 0 Å². The number of hydrogen-bond acceptors (Lipinski definition) is 3. The van der Waals surface area contributed by atoms with Gasteiger partial charge in [-0.05, 0) is 37.6 Å². The van der Waals surface area contributed by atoms with E-state index in [1.807, 2.05) is 0 Å². The molecule has 0 aromatic heterocycles. The van der Waals surface area contributed by atoms with E-state index in [1.54, 1.807) is 0 Å². The van der Waals surface area contributed by atoms with Crippen LogP contribution in [0.1, 0.15) is 45.4 Å². The molecule has 3 atom stereocenters. The third-order valence-electron chi connectivity index (χ3n) is 4.14. The number of rotatable bonds is 7. The van der Waals surface area contributed by atoms with E-state index in [4.69, 9.17) is 4.74 Å². The molecule has 2 rings (SSSR count). The summed E-state index contributed by atoms with van der Waals surface area (Å²) in [7, 11) is 0. The zero-order valence-corrected chi connectivity index (χ0v) is 11.0. The van der Waals surface area contributed by atoms with Crippen molar-refractivity contribution in [2.75, 3.05) is 19.7 Å². The summed E-state index contributed by atoms with van der Waals surface area (Å²) < 4.78 is 5.75. The summed E-state index contributed by atoms with van der Waals surface area (Å²) in [5.74, 6) is 1.74. The Balaban J connectivity index is 1.46. The molecule has 2 aliphatic rings. The highest BCUT2D eigenvalue weighted by Crippen LogP contribution is 2.36. The molecule has 3 nitrogen and oxygen atoms in total. The molecular weight excluding hydrogens is 214 g/mol. The summed E-state index contributed by atoms with van der Waals surface area (Å²) in [6.07, 6.45) is 7.70. The first kappa shape index (κ1) is 13.3. The van der Waals surface area contributed by atoms with Crippen LogP contribution in [0.4, 0.5) is 0 Å². The molecule has 100 valence electrons. The Labute approximate surface area is 105 Å². The molecule has 0 saturated heterocycles. The summed E-state index contributed by atoms with van der Waals surface area (Å²) in [6.45, 7) is 4.52. The maximum Gasteiger partial charge on any atom is 0.0897 e. The van der Waals surface area contributed by atoms with Gasteiger partial charge in [-0.25, -0.2) is 0 Å². The van der Waals surface area contributed by atoms with E-state index in [9.17, 15) is 5.11 Å². The van der Waals surface area contributed by atoms with Crippen LogP contribution in [-0.2, 0) is 4.74 Å². The Bertz CT molecular complexity index is 216. The van der Waals surface area contributed by atoms with Crippen LogP contribution >= 0.6 is 0 Å². The highest BCUT2D eigenvalue weighted by molar-refractivity contribution is 4.84. The van der Waals surface area contributed by atoms with Crippen molar-refractivity contribution in [3.8, 4) is 0 Å². The third-order valence-corrected chi connectivity index (χ3v) is 4.14. The van der Waals surface area contributed by atoms with Gasteiger partial charge in [-0.3, -0.25) is 0 Å². The van der Waals surface area contributed by atoms with Crippen LogP contribution in [0.25, 0.3) is 0 Å². The molecule has 3 unspecified atom stereocenters. The third kappa shape index (κ3) is 4.94. The molecular formula is C14H27NO2. The lowest BCUT2D eigenvalue weighted by atomic mass is 9.98. The maximum absolute atomic E-state index is 9.79. The van der Waals surface area contributed by atoms with Crippen molar-refractivity contribution in [2.24, 2.45) is 11.8 Å². The van der Waals surface area contributed by atoms with Gasteiger partial charge in [0.2, 0.25) is 0 Å². The first-order chi connectivity index (χ1) is 8.25. The molecule has 2 N–H and O–H groups in total. The van der Waals surface area contributed by atoms with E-state index in [1.165, 1.54) is 38.5 Å². The second-order valence-electron chi connectivity index (χ2n) is 5.88. The summed E-state index contributed by atoms with van der Waals surface area (Å²) in [6, 6.07) is 0. The molecule has 3 heteroatoms. The van der Waals surface area contributed by atoms with Gasteiger partial charge in [0.15, 0.2) is 0 Å². The van der Waals surface area contributed by atoms with Crippen molar-refractivity contribution >= 4 is 0 Å². The summed E-state index contributed by atoms with van der Waals surface area (Å²) in [5.41, 5.74) is 0. The van der Waals surface area contributed by atoms with Gasteiger partial charge in [-0.1, -0.05) is 26.2 Å². The van der Waals surface area contributed by atoms with Crippen LogP contribution in [0.2, 0.25) is 0 Å². The first-order valence-corrected chi connectivity index (χ1v) is 7.26. The predicted molar refractivity (Wildman–Crippen MR) is 69.0 cm³/mol. The number of ether oxygens (including phenoxy) is 1. The Morgan fingerprint density at radius 3 is 2.65 bits per heavy atom. The molecule has 0 amide bonds. The molecule has 0 aromatic rings. The van der Waals surface area contributed by atoms with Crippen molar-refractivity contribution < 1.29 is 9.84 Å². The van der Waals surface area contributed by atoms with Crippen molar-refractivity contribution in [1.82, 2.24) is 5.32 Å². The van der Waals surface area contributed by atoms with Gasteiger partial charge in [0.05, 0.1) is 18.8 Å². The number of aliphatic hydroxyl groups excluding tert-OH is 1. The minimum absolute atomic E-state index is 0.342. The molecule has 0 bridgehead atoms. The van der Waals surface area contributed by atoms with E-state index in [0.717, 1.165) is 18.4 Å². The molecule has 0 aromatic carbocycles. The smallest absolute Gasteiger partial charge is 0.0897 e. The van der Waals surface area contributed by atoms with Crippen LogP contribution in [0.15, 0.2) is 0 Å². The number of aliphatic hydroxyl groups is 1.